The monoisotopic (exact) mass is 306 g/mol. The quantitative estimate of drug-likeness (QED) is 0.851. The lowest BCUT2D eigenvalue weighted by atomic mass is 9.91. The summed E-state index contributed by atoms with van der Waals surface area (Å²) in [4.78, 5) is 14.6. The summed E-state index contributed by atoms with van der Waals surface area (Å²) in [6.45, 7) is 1.68. The van der Waals surface area contributed by atoms with Gasteiger partial charge < -0.3 is 4.90 Å². The molecule has 3 rings (SSSR count). The van der Waals surface area contributed by atoms with Gasteiger partial charge in [-0.1, -0.05) is 55.3 Å². The maximum Gasteiger partial charge on any atom is 0.224 e. The molecule has 1 heterocycles. The highest BCUT2D eigenvalue weighted by Crippen LogP contribution is 2.28. The van der Waals surface area contributed by atoms with Crippen LogP contribution in [-0.4, -0.2) is 23.9 Å². The molecule has 1 fully saturated rings. The molecule has 1 atom stereocenters. The Balaban J connectivity index is 1.82. The van der Waals surface area contributed by atoms with E-state index in [0.29, 0.717) is 0 Å². The molecule has 23 heavy (non-hydrogen) atoms. The molecule has 3 heteroatoms. The van der Waals surface area contributed by atoms with Crippen LogP contribution in [0.2, 0.25) is 0 Å². The summed E-state index contributed by atoms with van der Waals surface area (Å²) in [5, 5.41) is 11.8. The molecule has 1 saturated heterocycles. The first kappa shape index (κ1) is 15.6. The number of hydrogen-bond acceptors (Lipinski definition) is 2. The second-order valence-electron chi connectivity index (χ2n) is 6.25. The van der Waals surface area contributed by atoms with E-state index in [-0.39, 0.29) is 18.2 Å². The van der Waals surface area contributed by atoms with Crippen LogP contribution in [0.3, 0.4) is 0 Å². The van der Waals surface area contributed by atoms with Crippen LogP contribution in [0.15, 0.2) is 42.5 Å². The first-order valence-electron chi connectivity index (χ1n) is 8.44. The topological polar surface area (TPSA) is 44.1 Å². The van der Waals surface area contributed by atoms with Crippen molar-refractivity contribution >= 4 is 16.7 Å². The molecule has 0 spiro atoms. The molecular formula is C20H22N2O. The minimum absolute atomic E-state index is 0.117. The van der Waals surface area contributed by atoms with E-state index in [0.717, 1.165) is 42.3 Å². The van der Waals surface area contributed by atoms with Gasteiger partial charge in [-0.05, 0) is 29.2 Å². The Hall–Kier alpha value is -2.34. The van der Waals surface area contributed by atoms with Crippen LogP contribution in [0.25, 0.3) is 10.8 Å². The molecule has 1 aliphatic heterocycles. The summed E-state index contributed by atoms with van der Waals surface area (Å²) < 4.78 is 0. The third-order valence-corrected chi connectivity index (χ3v) is 4.69. The van der Waals surface area contributed by atoms with E-state index in [1.807, 2.05) is 47.4 Å². The van der Waals surface area contributed by atoms with Gasteiger partial charge in [-0.15, -0.1) is 0 Å². The van der Waals surface area contributed by atoms with E-state index in [1.165, 1.54) is 12.8 Å². The zero-order valence-electron chi connectivity index (χ0n) is 13.4. The van der Waals surface area contributed by atoms with Crippen molar-refractivity contribution in [3.05, 3.63) is 48.0 Å². The Morgan fingerprint density at radius 3 is 2.48 bits per heavy atom. The van der Waals surface area contributed by atoms with Crippen molar-refractivity contribution in [2.45, 2.75) is 38.0 Å². The van der Waals surface area contributed by atoms with E-state index in [4.69, 9.17) is 0 Å². The minimum atomic E-state index is -0.378. The van der Waals surface area contributed by atoms with Gasteiger partial charge in [0.05, 0.1) is 12.0 Å². The van der Waals surface area contributed by atoms with Crippen molar-refractivity contribution in [3.63, 3.8) is 0 Å². The van der Waals surface area contributed by atoms with E-state index < -0.39 is 0 Å². The average Bonchev–Trinajstić information content (AvgIpc) is 2.88. The van der Waals surface area contributed by atoms with Crippen LogP contribution in [-0.2, 0) is 4.79 Å². The standard InChI is InChI=1S/C20H22N2O/c21-15-17(14-20(23)22-12-5-1-2-6-13-22)19-11-7-9-16-8-3-4-10-18(16)19/h3-4,7-11,17H,1-2,5-6,12-14H2. The van der Waals surface area contributed by atoms with Gasteiger partial charge in [0.1, 0.15) is 0 Å². The number of benzene rings is 2. The molecule has 0 N–H and O–H groups in total. The van der Waals surface area contributed by atoms with Crippen LogP contribution >= 0.6 is 0 Å². The molecular weight excluding hydrogens is 284 g/mol. The van der Waals surface area contributed by atoms with Gasteiger partial charge in [0.25, 0.3) is 0 Å². The predicted octanol–water partition coefficient (Wildman–Crippen LogP) is 4.24. The summed E-state index contributed by atoms with van der Waals surface area (Å²) in [7, 11) is 0. The van der Waals surface area contributed by atoms with Gasteiger partial charge in [-0.2, -0.15) is 5.26 Å². The summed E-state index contributed by atoms with van der Waals surface area (Å²) in [6.07, 6.45) is 4.85. The first-order chi connectivity index (χ1) is 11.3. The van der Waals surface area contributed by atoms with E-state index >= 15 is 0 Å². The largest absolute Gasteiger partial charge is 0.343 e. The van der Waals surface area contributed by atoms with Gasteiger partial charge >= 0.3 is 0 Å². The lowest BCUT2D eigenvalue weighted by Gasteiger charge is -2.22. The molecule has 0 radical (unpaired) electrons. The van der Waals surface area contributed by atoms with Gasteiger partial charge in [-0.25, -0.2) is 0 Å². The van der Waals surface area contributed by atoms with Crippen LogP contribution in [0.1, 0.15) is 43.6 Å². The Kier molecular flexibility index (Phi) is 4.92. The lowest BCUT2D eigenvalue weighted by Crippen LogP contribution is -2.32. The van der Waals surface area contributed by atoms with Crippen molar-refractivity contribution < 1.29 is 4.79 Å². The first-order valence-corrected chi connectivity index (χ1v) is 8.44. The van der Waals surface area contributed by atoms with Crippen molar-refractivity contribution in [1.82, 2.24) is 4.90 Å². The lowest BCUT2D eigenvalue weighted by molar-refractivity contribution is -0.131. The van der Waals surface area contributed by atoms with Gasteiger partial charge in [0.2, 0.25) is 5.91 Å². The smallest absolute Gasteiger partial charge is 0.224 e. The predicted molar refractivity (Wildman–Crippen MR) is 92.0 cm³/mol. The molecule has 2 aromatic carbocycles. The van der Waals surface area contributed by atoms with Crippen molar-refractivity contribution in [2.24, 2.45) is 0 Å². The fourth-order valence-corrected chi connectivity index (χ4v) is 3.40. The third-order valence-electron chi connectivity index (χ3n) is 4.69. The average molecular weight is 306 g/mol. The van der Waals surface area contributed by atoms with Gasteiger partial charge in [-0.3, -0.25) is 4.79 Å². The van der Waals surface area contributed by atoms with Crippen molar-refractivity contribution in [1.29, 1.82) is 5.26 Å². The molecule has 0 bridgehead atoms. The highest BCUT2D eigenvalue weighted by atomic mass is 16.2. The molecule has 0 aromatic heterocycles. The van der Waals surface area contributed by atoms with Gasteiger partial charge in [0, 0.05) is 19.5 Å². The number of fused-ring (bicyclic) bond motifs is 1. The van der Waals surface area contributed by atoms with Crippen molar-refractivity contribution in [3.8, 4) is 6.07 Å². The zero-order valence-corrected chi connectivity index (χ0v) is 13.4. The fraction of sp³-hybridized carbons (Fsp3) is 0.400. The number of nitriles is 1. The Bertz CT molecular complexity index is 718. The molecule has 1 amide bonds. The van der Waals surface area contributed by atoms with Gasteiger partial charge in [0.15, 0.2) is 0 Å². The number of hydrogen-bond donors (Lipinski definition) is 0. The maximum atomic E-state index is 12.6. The number of likely N-dealkylation sites (tertiary alicyclic amines) is 1. The maximum absolute atomic E-state index is 12.6. The van der Waals surface area contributed by atoms with Crippen LogP contribution in [0.4, 0.5) is 0 Å². The second kappa shape index (κ2) is 7.28. The Morgan fingerprint density at radius 1 is 1.04 bits per heavy atom. The third kappa shape index (κ3) is 3.53. The molecule has 0 aliphatic carbocycles. The molecule has 2 aromatic rings. The molecule has 1 unspecified atom stereocenters. The molecule has 118 valence electrons. The highest BCUT2D eigenvalue weighted by Gasteiger charge is 2.22. The van der Waals surface area contributed by atoms with E-state index in [2.05, 4.69) is 6.07 Å². The summed E-state index contributed by atoms with van der Waals surface area (Å²) in [5.74, 6) is -0.261. The Labute approximate surface area is 137 Å². The normalized spacial score (nSPS) is 16.6. The van der Waals surface area contributed by atoms with E-state index in [9.17, 15) is 10.1 Å². The Morgan fingerprint density at radius 2 is 1.74 bits per heavy atom. The number of carbonyl (C=O) groups excluding carboxylic acids is 1. The zero-order chi connectivity index (χ0) is 16.1. The van der Waals surface area contributed by atoms with Crippen LogP contribution in [0, 0.1) is 11.3 Å². The summed E-state index contributed by atoms with van der Waals surface area (Å²) in [6, 6.07) is 16.4. The molecule has 3 nitrogen and oxygen atoms in total. The molecule has 0 saturated carbocycles. The van der Waals surface area contributed by atoms with Crippen LogP contribution in [0.5, 0.6) is 0 Å². The fourth-order valence-electron chi connectivity index (χ4n) is 3.40. The number of carbonyl (C=O) groups is 1. The second-order valence-corrected chi connectivity index (χ2v) is 6.25. The minimum Gasteiger partial charge on any atom is -0.343 e. The highest BCUT2D eigenvalue weighted by molar-refractivity contribution is 5.87. The number of rotatable bonds is 3. The molecule has 1 aliphatic rings. The SMILES string of the molecule is N#CC(CC(=O)N1CCCCCC1)c1cccc2ccccc12. The summed E-state index contributed by atoms with van der Waals surface area (Å²) in [5.41, 5.74) is 0.966. The number of amides is 1. The summed E-state index contributed by atoms with van der Waals surface area (Å²) >= 11 is 0. The van der Waals surface area contributed by atoms with E-state index in [1.54, 1.807) is 0 Å². The van der Waals surface area contributed by atoms with Crippen molar-refractivity contribution in [2.75, 3.05) is 13.1 Å². The van der Waals surface area contributed by atoms with Crippen LogP contribution < -0.4 is 0 Å². The number of nitrogens with zero attached hydrogens (tertiary/aromatic N) is 2.